The molecule has 9 aromatic rings. The fourth-order valence-electron chi connectivity index (χ4n) is 11.9. The number of hydrogen-bond donors (Lipinski definition) is 1. The highest BCUT2D eigenvalue weighted by Crippen LogP contribution is 2.85. The van der Waals surface area contributed by atoms with Crippen molar-refractivity contribution in [2.75, 3.05) is 29.7 Å². The molecule has 0 N–H and O–H groups in total. The molecule has 0 saturated carbocycles. The van der Waals surface area contributed by atoms with E-state index in [1.165, 1.54) is 124 Å². The number of nitrogens with zero attached hydrogens (tertiary/aromatic N) is 1. The predicted molar refractivity (Wildman–Crippen MR) is 258 cm³/mol. The maximum absolute atomic E-state index is 2.69. The fraction of sp³-hybridized carbons (Fsp3) is 0.158. The summed E-state index contributed by atoms with van der Waals surface area (Å²) in [5.74, 6) is 2.62. The highest BCUT2D eigenvalue weighted by atomic mass is 32.3. The lowest BCUT2D eigenvalue weighted by Gasteiger charge is -2.61. The van der Waals surface area contributed by atoms with Gasteiger partial charge < -0.3 is 4.90 Å². The molecule has 3 aliphatic rings. The predicted octanol–water partition coefficient (Wildman–Crippen LogP) is 15.4. The smallest absolute Gasteiger partial charge is 0.0525 e. The van der Waals surface area contributed by atoms with Crippen molar-refractivity contribution < 1.29 is 0 Å². The van der Waals surface area contributed by atoms with Gasteiger partial charge in [0.05, 0.1) is 11.4 Å². The average molecular weight is 780 g/mol. The van der Waals surface area contributed by atoms with Crippen LogP contribution >= 0.6 is 9.16 Å². The molecular formula is C57H49NS. The third kappa shape index (κ3) is 4.75. The fourth-order valence-corrected chi connectivity index (χ4v) is 18.3. The van der Waals surface area contributed by atoms with Gasteiger partial charge in [-0.1, -0.05) is 141 Å². The number of rotatable bonds is 3. The van der Waals surface area contributed by atoms with Crippen LogP contribution in [0, 0.1) is 0 Å². The Labute approximate surface area is 348 Å². The number of fused-ring (bicyclic) bond motifs is 10. The summed E-state index contributed by atoms with van der Waals surface area (Å²) in [5, 5.41) is 7.72. The van der Waals surface area contributed by atoms with Gasteiger partial charge in [-0.15, -0.1) is 0 Å². The minimum Gasteiger partial charge on any atom is -0.343 e. The standard InChI is InChI=1S/C57H49NS/c1-57(2)49-20-10-9-17-43(49)44-28-26-41(35-50(44)57)56-46-19-8-7-18-45(46)55(47-29-25-40(34-48(47)56)39-24-23-37-15-5-6-16-38(37)33-39)42-27-30-54-52(36-42)58(3)51-21-11-12-22-53(51)59(54,4)31-13-14-32-59/h5-12,15-30,33-36,59H,13-14,31-32H2,1-4H3. The molecule has 9 aromatic carbocycles. The van der Waals surface area contributed by atoms with E-state index in [-0.39, 0.29) is 5.41 Å². The molecule has 2 heterocycles. The third-order valence-corrected chi connectivity index (χ3v) is 21.6. The maximum Gasteiger partial charge on any atom is 0.0525 e. The summed E-state index contributed by atoms with van der Waals surface area (Å²) < 4.78 is 0. The number of thiol groups is 1. The topological polar surface area (TPSA) is 3.24 Å². The van der Waals surface area contributed by atoms with Crippen LogP contribution in [-0.2, 0) is 5.41 Å². The van der Waals surface area contributed by atoms with E-state index < -0.39 is 9.16 Å². The number of anilines is 2. The molecular weight excluding hydrogens is 731 g/mol. The lowest BCUT2D eigenvalue weighted by atomic mass is 9.80. The van der Waals surface area contributed by atoms with Crippen LogP contribution in [0.3, 0.4) is 0 Å². The van der Waals surface area contributed by atoms with Crippen LogP contribution in [0.2, 0.25) is 0 Å². The molecule has 0 unspecified atom stereocenters. The molecule has 0 radical (unpaired) electrons. The Morgan fingerprint density at radius 1 is 0.441 bits per heavy atom. The summed E-state index contributed by atoms with van der Waals surface area (Å²) in [4.78, 5) is 5.71. The zero-order chi connectivity index (χ0) is 39.7. The Kier molecular flexibility index (Phi) is 7.23. The van der Waals surface area contributed by atoms with Gasteiger partial charge in [-0.05, 0) is 161 Å². The van der Waals surface area contributed by atoms with Gasteiger partial charge in [-0.3, -0.25) is 0 Å². The molecule has 0 aromatic heterocycles. The van der Waals surface area contributed by atoms with Crippen LogP contribution in [0.15, 0.2) is 180 Å². The quantitative estimate of drug-likeness (QED) is 0.138. The normalized spacial score (nSPS) is 17.4. The Bertz CT molecular complexity index is 3250. The molecule has 1 saturated heterocycles. The van der Waals surface area contributed by atoms with Crippen molar-refractivity contribution in [2.45, 2.75) is 41.9 Å². The molecule has 12 rings (SSSR count). The first-order chi connectivity index (χ1) is 28.7. The number of hydrogen-bond acceptors (Lipinski definition) is 1. The van der Waals surface area contributed by atoms with Gasteiger partial charge in [0, 0.05) is 22.3 Å². The molecule has 288 valence electrons. The third-order valence-electron chi connectivity index (χ3n) is 15.0. The molecule has 2 aliphatic heterocycles. The molecule has 0 amide bonds. The number of para-hydroxylation sites is 1. The average Bonchev–Trinajstić information content (AvgIpc) is 3.80. The van der Waals surface area contributed by atoms with E-state index in [0.29, 0.717) is 0 Å². The Hall–Kier alpha value is -6.09. The van der Waals surface area contributed by atoms with Crippen molar-refractivity contribution in [1.82, 2.24) is 0 Å². The SMILES string of the molecule is CN1c2ccccc2[SH]2(C)(CCCC2)c2ccc(-c3c4ccccc4c(-c4ccc5c(c4)C(C)(C)c4ccccc4-5)c4cc(-c5ccc6ccccc6c5)ccc34)cc21. The first kappa shape index (κ1) is 34.9. The van der Waals surface area contributed by atoms with Crippen molar-refractivity contribution >= 4 is 52.9 Å². The maximum atomic E-state index is 2.69. The summed E-state index contributed by atoms with van der Waals surface area (Å²) in [6.45, 7) is 4.78. The van der Waals surface area contributed by atoms with Crippen molar-refractivity contribution in [1.29, 1.82) is 0 Å². The highest BCUT2D eigenvalue weighted by Gasteiger charge is 2.49. The van der Waals surface area contributed by atoms with Crippen LogP contribution in [-0.4, -0.2) is 24.8 Å². The van der Waals surface area contributed by atoms with Gasteiger partial charge in [0.1, 0.15) is 0 Å². The largest absolute Gasteiger partial charge is 0.343 e. The first-order valence-electron chi connectivity index (χ1n) is 21.4. The van der Waals surface area contributed by atoms with Gasteiger partial charge >= 0.3 is 0 Å². The molecule has 1 aliphatic carbocycles. The van der Waals surface area contributed by atoms with Crippen molar-refractivity contribution in [3.8, 4) is 44.5 Å². The molecule has 1 nitrogen and oxygen atoms in total. The van der Waals surface area contributed by atoms with Crippen molar-refractivity contribution in [2.24, 2.45) is 0 Å². The summed E-state index contributed by atoms with van der Waals surface area (Å²) in [6.07, 6.45) is 5.32. The van der Waals surface area contributed by atoms with E-state index >= 15 is 0 Å². The van der Waals surface area contributed by atoms with Crippen LogP contribution in [0.25, 0.3) is 76.8 Å². The molecule has 1 fully saturated rings. The van der Waals surface area contributed by atoms with Gasteiger partial charge in [0.2, 0.25) is 0 Å². The Morgan fingerprint density at radius 3 is 1.85 bits per heavy atom. The highest BCUT2D eigenvalue weighted by molar-refractivity contribution is 8.49. The van der Waals surface area contributed by atoms with Crippen molar-refractivity contribution in [3.63, 3.8) is 0 Å². The van der Waals surface area contributed by atoms with Crippen LogP contribution < -0.4 is 4.90 Å². The second-order valence-electron chi connectivity index (χ2n) is 18.5. The van der Waals surface area contributed by atoms with Crippen LogP contribution in [0.5, 0.6) is 0 Å². The van der Waals surface area contributed by atoms with E-state index in [0.717, 1.165) is 0 Å². The zero-order valence-corrected chi connectivity index (χ0v) is 35.3. The second kappa shape index (κ2) is 12.2. The Balaban J connectivity index is 1.14. The summed E-state index contributed by atoms with van der Waals surface area (Å²) in [7, 11) is -0.0550. The van der Waals surface area contributed by atoms with E-state index in [1.54, 1.807) is 9.79 Å². The first-order valence-corrected chi connectivity index (χ1v) is 24.5. The molecule has 1 spiro atoms. The van der Waals surface area contributed by atoms with Gasteiger partial charge in [0.15, 0.2) is 0 Å². The lowest BCUT2D eigenvalue weighted by molar-refractivity contribution is 0.660. The van der Waals surface area contributed by atoms with Gasteiger partial charge in [-0.25, -0.2) is 9.16 Å². The van der Waals surface area contributed by atoms with Gasteiger partial charge in [0.25, 0.3) is 0 Å². The van der Waals surface area contributed by atoms with E-state index in [4.69, 9.17) is 0 Å². The minimum absolute atomic E-state index is 0.0893. The van der Waals surface area contributed by atoms with Gasteiger partial charge in [-0.2, -0.15) is 0 Å². The minimum atomic E-state index is -2.35. The number of benzene rings is 9. The van der Waals surface area contributed by atoms with Crippen LogP contribution in [0.1, 0.15) is 37.8 Å². The lowest BCUT2D eigenvalue weighted by Crippen LogP contribution is -2.30. The monoisotopic (exact) mass is 779 g/mol. The summed E-state index contributed by atoms with van der Waals surface area (Å²) in [5.41, 5.74) is 15.9. The van der Waals surface area contributed by atoms with Crippen molar-refractivity contribution in [3.05, 3.63) is 181 Å². The second-order valence-corrected chi connectivity index (χ2v) is 24.5. The summed E-state index contributed by atoms with van der Waals surface area (Å²) >= 11 is 0. The van der Waals surface area contributed by atoms with Crippen LogP contribution in [0.4, 0.5) is 11.4 Å². The molecule has 59 heavy (non-hydrogen) atoms. The summed E-state index contributed by atoms with van der Waals surface area (Å²) in [6, 6.07) is 65.2. The van der Waals surface area contributed by atoms with E-state index in [2.05, 4.69) is 202 Å². The zero-order valence-electron chi connectivity index (χ0n) is 34.4. The molecule has 0 atom stereocenters. The van der Waals surface area contributed by atoms with E-state index in [9.17, 15) is 0 Å². The van der Waals surface area contributed by atoms with E-state index in [1.807, 2.05) is 0 Å². The Morgan fingerprint density at radius 2 is 1.02 bits per heavy atom. The molecule has 0 bridgehead atoms. The molecule has 2 heteroatoms.